The van der Waals surface area contributed by atoms with Crippen molar-refractivity contribution >= 4 is 40.4 Å². The Morgan fingerprint density at radius 3 is 2.84 bits per heavy atom. The Labute approximate surface area is 121 Å². The molecule has 5 heteroatoms. The molecule has 0 aliphatic heterocycles. The second-order valence-corrected chi connectivity index (χ2v) is 6.84. The summed E-state index contributed by atoms with van der Waals surface area (Å²) in [5, 5.41) is 4.82. The van der Waals surface area contributed by atoms with Gasteiger partial charge < -0.3 is 11.1 Å². The Morgan fingerprint density at radius 1 is 1.42 bits per heavy atom. The van der Waals surface area contributed by atoms with Gasteiger partial charge in [-0.3, -0.25) is 4.79 Å². The standard InChI is InChI=1S/C14H16N2OS2/c1-9-8-11(15)5-6-12(9)16-14(17)10(2)19-13-4-3-7-18-13/h3-8,10H,15H2,1-2H3,(H,16,17). The second kappa shape index (κ2) is 6.12. The van der Waals surface area contributed by atoms with Crippen LogP contribution in [0.2, 0.25) is 0 Å². The maximum Gasteiger partial charge on any atom is 0.237 e. The Kier molecular flexibility index (Phi) is 4.50. The van der Waals surface area contributed by atoms with E-state index in [0.29, 0.717) is 5.69 Å². The minimum atomic E-state index is -0.129. The molecule has 2 rings (SSSR count). The summed E-state index contributed by atoms with van der Waals surface area (Å²) in [4.78, 5) is 12.1. The highest BCUT2D eigenvalue weighted by molar-refractivity contribution is 8.02. The summed E-state index contributed by atoms with van der Waals surface area (Å²) in [5.74, 6) is 0.00581. The molecule has 1 heterocycles. The van der Waals surface area contributed by atoms with Gasteiger partial charge in [0.2, 0.25) is 5.91 Å². The first-order valence-electron chi connectivity index (χ1n) is 5.93. The number of carbonyl (C=O) groups excluding carboxylic acids is 1. The number of carbonyl (C=O) groups is 1. The van der Waals surface area contributed by atoms with Gasteiger partial charge in [-0.2, -0.15) is 0 Å². The molecule has 1 amide bonds. The molecule has 2 aromatic rings. The van der Waals surface area contributed by atoms with Gasteiger partial charge in [-0.15, -0.1) is 23.1 Å². The zero-order valence-corrected chi connectivity index (χ0v) is 12.5. The Bertz CT molecular complexity index is 567. The number of thioether (sulfide) groups is 1. The third kappa shape index (κ3) is 3.75. The van der Waals surface area contributed by atoms with Crippen LogP contribution in [0.5, 0.6) is 0 Å². The van der Waals surface area contributed by atoms with Gasteiger partial charge in [0.05, 0.1) is 9.46 Å². The fourth-order valence-electron chi connectivity index (χ4n) is 1.62. The molecular formula is C14H16N2OS2. The van der Waals surface area contributed by atoms with E-state index in [1.807, 2.05) is 43.5 Å². The lowest BCUT2D eigenvalue weighted by Gasteiger charge is -2.13. The van der Waals surface area contributed by atoms with Crippen LogP contribution in [0.4, 0.5) is 11.4 Å². The molecule has 0 spiro atoms. The fraction of sp³-hybridized carbons (Fsp3) is 0.214. The van der Waals surface area contributed by atoms with Gasteiger partial charge in [-0.25, -0.2) is 0 Å². The van der Waals surface area contributed by atoms with Crippen molar-refractivity contribution in [1.29, 1.82) is 0 Å². The van der Waals surface area contributed by atoms with E-state index in [0.717, 1.165) is 15.5 Å². The van der Waals surface area contributed by atoms with Gasteiger partial charge in [0, 0.05) is 11.4 Å². The molecule has 1 unspecified atom stereocenters. The third-order valence-corrected chi connectivity index (χ3v) is 4.84. The molecule has 1 aromatic carbocycles. The van der Waals surface area contributed by atoms with Gasteiger partial charge >= 0.3 is 0 Å². The van der Waals surface area contributed by atoms with E-state index in [4.69, 9.17) is 5.73 Å². The van der Waals surface area contributed by atoms with Crippen molar-refractivity contribution in [3.05, 3.63) is 41.3 Å². The highest BCUT2D eigenvalue weighted by Gasteiger charge is 2.15. The zero-order chi connectivity index (χ0) is 13.8. The number of anilines is 2. The van der Waals surface area contributed by atoms with E-state index in [9.17, 15) is 4.79 Å². The van der Waals surface area contributed by atoms with Crippen LogP contribution in [0.3, 0.4) is 0 Å². The lowest BCUT2D eigenvalue weighted by molar-refractivity contribution is -0.115. The summed E-state index contributed by atoms with van der Waals surface area (Å²) in [5.41, 5.74) is 8.19. The molecule has 100 valence electrons. The number of aryl methyl sites for hydroxylation is 1. The Hall–Kier alpha value is -1.46. The molecule has 0 aliphatic carbocycles. The maximum absolute atomic E-state index is 12.1. The number of rotatable bonds is 4. The number of nitrogens with two attached hydrogens (primary N) is 1. The average molecular weight is 292 g/mol. The number of nitrogen functional groups attached to an aromatic ring is 1. The summed E-state index contributed by atoms with van der Waals surface area (Å²) in [6, 6.07) is 9.49. The smallest absolute Gasteiger partial charge is 0.237 e. The number of benzene rings is 1. The number of amides is 1. The minimum Gasteiger partial charge on any atom is -0.399 e. The first-order chi connectivity index (χ1) is 9.06. The maximum atomic E-state index is 12.1. The van der Waals surface area contributed by atoms with E-state index >= 15 is 0 Å². The topological polar surface area (TPSA) is 55.1 Å². The Balaban J connectivity index is 2.00. The van der Waals surface area contributed by atoms with Crippen LogP contribution in [-0.4, -0.2) is 11.2 Å². The summed E-state index contributed by atoms with van der Waals surface area (Å²) in [6.07, 6.45) is 0. The first kappa shape index (κ1) is 14.0. The molecule has 3 N–H and O–H groups in total. The normalized spacial score (nSPS) is 12.1. The van der Waals surface area contributed by atoms with E-state index in [1.165, 1.54) is 0 Å². The van der Waals surface area contributed by atoms with Crippen LogP contribution in [0, 0.1) is 6.92 Å². The molecule has 0 aliphatic rings. The monoisotopic (exact) mass is 292 g/mol. The Morgan fingerprint density at radius 2 is 2.21 bits per heavy atom. The SMILES string of the molecule is Cc1cc(N)ccc1NC(=O)C(C)Sc1cccs1. The van der Waals surface area contributed by atoms with Crippen molar-refractivity contribution in [2.24, 2.45) is 0 Å². The number of thiophene rings is 1. The minimum absolute atomic E-state index is 0.00581. The number of hydrogen-bond donors (Lipinski definition) is 2. The van der Waals surface area contributed by atoms with Gasteiger partial charge in [0.15, 0.2) is 0 Å². The van der Waals surface area contributed by atoms with Crippen LogP contribution in [-0.2, 0) is 4.79 Å². The fourth-order valence-corrected chi connectivity index (χ4v) is 3.56. The molecule has 0 bridgehead atoms. The van der Waals surface area contributed by atoms with Gasteiger partial charge in [-0.1, -0.05) is 6.07 Å². The third-order valence-electron chi connectivity index (χ3n) is 2.67. The van der Waals surface area contributed by atoms with Gasteiger partial charge in [0.1, 0.15) is 0 Å². The van der Waals surface area contributed by atoms with E-state index < -0.39 is 0 Å². The van der Waals surface area contributed by atoms with Crippen LogP contribution in [0.25, 0.3) is 0 Å². The lowest BCUT2D eigenvalue weighted by Crippen LogP contribution is -2.22. The predicted molar refractivity (Wildman–Crippen MR) is 83.9 cm³/mol. The molecule has 1 aromatic heterocycles. The van der Waals surface area contributed by atoms with Crippen molar-refractivity contribution < 1.29 is 4.79 Å². The lowest BCUT2D eigenvalue weighted by atomic mass is 10.2. The van der Waals surface area contributed by atoms with E-state index in [-0.39, 0.29) is 11.2 Å². The highest BCUT2D eigenvalue weighted by atomic mass is 32.2. The van der Waals surface area contributed by atoms with E-state index in [2.05, 4.69) is 5.32 Å². The molecule has 0 radical (unpaired) electrons. The molecule has 1 atom stereocenters. The zero-order valence-electron chi connectivity index (χ0n) is 10.8. The summed E-state index contributed by atoms with van der Waals surface area (Å²) in [7, 11) is 0. The summed E-state index contributed by atoms with van der Waals surface area (Å²) in [6.45, 7) is 3.84. The second-order valence-electron chi connectivity index (χ2n) is 4.26. The van der Waals surface area contributed by atoms with Crippen LogP contribution in [0.15, 0.2) is 39.9 Å². The van der Waals surface area contributed by atoms with Crippen molar-refractivity contribution in [1.82, 2.24) is 0 Å². The van der Waals surface area contributed by atoms with Gasteiger partial charge in [0.25, 0.3) is 0 Å². The van der Waals surface area contributed by atoms with E-state index in [1.54, 1.807) is 29.2 Å². The number of nitrogens with one attached hydrogen (secondary N) is 1. The molecular weight excluding hydrogens is 276 g/mol. The van der Waals surface area contributed by atoms with Crippen molar-refractivity contribution in [3.8, 4) is 0 Å². The van der Waals surface area contributed by atoms with Crippen LogP contribution < -0.4 is 11.1 Å². The van der Waals surface area contributed by atoms with Crippen molar-refractivity contribution in [2.45, 2.75) is 23.3 Å². The first-order valence-corrected chi connectivity index (χ1v) is 7.69. The molecule has 3 nitrogen and oxygen atoms in total. The highest BCUT2D eigenvalue weighted by Crippen LogP contribution is 2.28. The van der Waals surface area contributed by atoms with Crippen LogP contribution >= 0.6 is 23.1 Å². The number of hydrogen-bond acceptors (Lipinski definition) is 4. The molecule has 19 heavy (non-hydrogen) atoms. The molecule has 0 saturated carbocycles. The average Bonchev–Trinajstić information content (AvgIpc) is 2.85. The summed E-state index contributed by atoms with van der Waals surface area (Å²) >= 11 is 3.21. The summed E-state index contributed by atoms with van der Waals surface area (Å²) < 4.78 is 1.15. The predicted octanol–water partition coefficient (Wildman–Crippen LogP) is 3.76. The van der Waals surface area contributed by atoms with Crippen LogP contribution in [0.1, 0.15) is 12.5 Å². The van der Waals surface area contributed by atoms with Crippen molar-refractivity contribution in [2.75, 3.05) is 11.1 Å². The quantitative estimate of drug-likeness (QED) is 0.666. The largest absolute Gasteiger partial charge is 0.399 e. The molecule has 0 saturated heterocycles. The van der Waals surface area contributed by atoms with Gasteiger partial charge in [-0.05, 0) is 49.1 Å². The molecule has 0 fully saturated rings. The van der Waals surface area contributed by atoms with Crippen molar-refractivity contribution in [3.63, 3.8) is 0 Å².